The summed E-state index contributed by atoms with van der Waals surface area (Å²) in [7, 11) is 0. The number of hydrogen-bond acceptors (Lipinski definition) is 5. The molecule has 0 aromatic carbocycles. The van der Waals surface area contributed by atoms with Crippen LogP contribution in [0.1, 0.15) is 30.4 Å². The molecule has 1 atom stereocenters. The first-order chi connectivity index (χ1) is 8.29. The van der Waals surface area contributed by atoms with Gasteiger partial charge in [-0.05, 0) is 12.1 Å². The average molecular weight is 236 g/mol. The van der Waals surface area contributed by atoms with Crippen molar-refractivity contribution in [2.75, 3.05) is 6.54 Å². The Labute approximate surface area is 99.5 Å². The van der Waals surface area contributed by atoms with E-state index in [0.29, 0.717) is 24.7 Å². The van der Waals surface area contributed by atoms with Crippen molar-refractivity contribution in [2.24, 2.45) is 0 Å². The van der Waals surface area contributed by atoms with Crippen molar-refractivity contribution in [2.45, 2.75) is 26.0 Å². The zero-order valence-corrected chi connectivity index (χ0v) is 9.72. The first-order valence-electron chi connectivity index (χ1n) is 5.65. The highest BCUT2D eigenvalue weighted by Gasteiger charge is 2.10. The molecule has 0 aliphatic rings. The minimum Gasteiger partial charge on any atom is -0.467 e. The van der Waals surface area contributed by atoms with Gasteiger partial charge in [-0.25, -0.2) is 4.98 Å². The molecule has 0 aliphatic carbocycles. The van der Waals surface area contributed by atoms with E-state index in [1.165, 1.54) is 0 Å². The predicted octanol–water partition coefficient (Wildman–Crippen LogP) is 1.65. The lowest BCUT2D eigenvalue weighted by atomic mass is 10.3. The van der Waals surface area contributed by atoms with Crippen LogP contribution in [0.2, 0.25) is 0 Å². The number of rotatable bonds is 6. The highest BCUT2D eigenvalue weighted by molar-refractivity contribution is 5.02. The SMILES string of the molecule is CCc1cnc(CNCC(O)c2ccco2)o1. The van der Waals surface area contributed by atoms with E-state index in [1.54, 1.807) is 24.6 Å². The lowest BCUT2D eigenvalue weighted by molar-refractivity contribution is 0.146. The Kier molecular flexibility index (Phi) is 3.95. The minimum absolute atomic E-state index is 0.400. The van der Waals surface area contributed by atoms with Gasteiger partial charge in [0, 0.05) is 13.0 Å². The number of aliphatic hydroxyl groups excluding tert-OH is 1. The smallest absolute Gasteiger partial charge is 0.208 e. The molecule has 2 rings (SSSR count). The van der Waals surface area contributed by atoms with Gasteiger partial charge in [0.2, 0.25) is 5.89 Å². The molecule has 92 valence electrons. The molecule has 0 amide bonds. The number of nitrogens with zero attached hydrogens (tertiary/aromatic N) is 1. The summed E-state index contributed by atoms with van der Waals surface area (Å²) in [5.41, 5.74) is 0. The van der Waals surface area contributed by atoms with Gasteiger partial charge in [-0.3, -0.25) is 0 Å². The van der Waals surface area contributed by atoms with Gasteiger partial charge < -0.3 is 19.3 Å². The third-order valence-corrected chi connectivity index (χ3v) is 2.44. The molecule has 0 bridgehead atoms. The maximum atomic E-state index is 9.73. The summed E-state index contributed by atoms with van der Waals surface area (Å²) < 4.78 is 10.5. The maximum absolute atomic E-state index is 9.73. The second-order valence-electron chi connectivity index (χ2n) is 3.74. The largest absolute Gasteiger partial charge is 0.467 e. The Bertz CT molecular complexity index is 436. The molecule has 5 heteroatoms. The van der Waals surface area contributed by atoms with Crippen LogP contribution in [0.3, 0.4) is 0 Å². The van der Waals surface area contributed by atoms with Gasteiger partial charge in [0.15, 0.2) is 0 Å². The summed E-state index contributed by atoms with van der Waals surface area (Å²) in [6.07, 6.45) is 3.45. The summed E-state index contributed by atoms with van der Waals surface area (Å²) in [4.78, 5) is 4.11. The number of furan rings is 1. The minimum atomic E-state index is -0.648. The molecule has 2 N–H and O–H groups in total. The molecular formula is C12H16N2O3. The van der Waals surface area contributed by atoms with Crippen molar-refractivity contribution in [1.82, 2.24) is 10.3 Å². The van der Waals surface area contributed by atoms with Crippen LogP contribution in [-0.4, -0.2) is 16.6 Å². The van der Waals surface area contributed by atoms with Crippen LogP contribution >= 0.6 is 0 Å². The van der Waals surface area contributed by atoms with Crippen molar-refractivity contribution in [3.8, 4) is 0 Å². The molecular weight excluding hydrogens is 220 g/mol. The maximum Gasteiger partial charge on any atom is 0.208 e. The van der Waals surface area contributed by atoms with Gasteiger partial charge in [0.1, 0.15) is 17.6 Å². The third kappa shape index (κ3) is 3.18. The Morgan fingerprint density at radius 2 is 2.41 bits per heavy atom. The van der Waals surface area contributed by atoms with E-state index in [1.807, 2.05) is 6.92 Å². The fourth-order valence-electron chi connectivity index (χ4n) is 1.49. The number of aryl methyl sites for hydroxylation is 1. The van der Waals surface area contributed by atoms with Gasteiger partial charge >= 0.3 is 0 Å². The van der Waals surface area contributed by atoms with Gasteiger partial charge in [-0.2, -0.15) is 0 Å². The van der Waals surface area contributed by atoms with E-state index in [4.69, 9.17) is 8.83 Å². The van der Waals surface area contributed by atoms with Crippen molar-refractivity contribution in [3.63, 3.8) is 0 Å². The van der Waals surface area contributed by atoms with Gasteiger partial charge in [-0.15, -0.1) is 0 Å². The van der Waals surface area contributed by atoms with Crippen LogP contribution in [-0.2, 0) is 13.0 Å². The van der Waals surface area contributed by atoms with Crippen molar-refractivity contribution in [3.05, 3.63) is 42.0 Å². The quantitative estimate of drug-likeness (QED) is 0.798. The summed E-state index contributed by atoms with van der Waals surface area (Å²) >= 11 is 0. The molecule has 2 heterocycles. The van der Waals surface area contributed by atoms with E-state index in [0.717, 1.165) is 12.2 Å². The highest BCUT2D eigenvalue weighted by atomic mass is 16.4. The molecule has 0 saturated carbocycles. The Morgan fingerprint density at radius 1 is 1.53 bits per heavy atom. The van der Waals surface area contributed by atoms with Gasteiger partial charge in [-0.1, -0.05) is 6.92 Å². The van der Waals surface area contributed by atoms with E-state index in [-0.39, 0.29) is 0 Å². The second kappa shape index (κ2) is 5.65. The van der Waals surface area contributed by atoms with Crippen LogP contribution < -0.4 is 5.32 Å². The molecule has 2 aromatic rings. The molecule has 0 saturated heterocycles. The number of hydrogen-bond donors (Lipinski definition) is 2. The normalized spacial score (nSPS) is 12.8. The van der Waals surface area contributed by atoms with Crippen LogP contribution in [0.25, 0.3) is 0 Å². The average Bonchev–Trinajstić information content (AvgIpc) is 3.00. The Hall–Kier alpha value is -1.59. The monoisotopic (exact) mass is 236 g/mol. The van der Waals surface area contributed by atoms with E-state index < -0.39 is 6.10 Å². The van der Waals surface area contributed by atoms with E-state index in [9.17, 15) is 5.11 Å². The second-order valence-corrected chi connectivity index (χ2v) is 3.74. The van der Waals surface area contributed by atoms with Crippen LogP contribution in [0.5, 0.6) is 0 Å². The lowest BCUT2D eigenvalue weighted by Crippen LogP contribution is -2.20. The fourth-order valence-corrected chi connectivity index (χ4v) is 1.49. The van der Waals surface area contributed by atoms with Crippen molar-refractivity contribution < 1.29 is 13.9 Å². The Balaban J connectivity index is 1.76. The highest BCUT2D eigenvalue weighted by Crippen LogP contribution is 2.12. The molecule has 5 nitrogen and oxygen atoms in total. The molecule has 17 heavy (non-hydrogen) atoms. The molecule has 0 radical (unpaired) electrons. The van der Waals surface area contributed by atoms with E-state index in [2.05, 4.69) is 10.3 Å². The lowest BCUT2D eigenvalue weighted by Gasteiger charge is -2.07. The number of nitrogens with one attached hydrogen (secondary N) is 1. The molecule has 0 spiro atoms. The van der Waals surface area contributed by atoms with E-state index >= 15 is 0 Å². The first kappa shape index (κ1) is 11.9. The standard InChI is InChI=1S/C12H16N2O3/c1-2-9-6-14-12(17-9)8-13-7-10(15)11-4-3-5-16-11/h3-6,10,13,15H,2,7-8H2,1H3. The van der Waals surface area contributed by atoms with Crippen LogP contribution in [0, 0.1) is 0 Å². The zero-order chi connectivity index (χ0) is 12.1. The van der Waals surface area contributed by atoms with Crippen molar-refractivity contribution >= 4 is 0 Å². The van der Waals surface area contributed by atoms with Gasteiger partial charge in [0.25, 0.3) is 0 Å². The summed E-state index contributed by atoms with van der Waals surface area (Å²) in [5, 5.41) is 12.8. The fraction of sp³-hybridized carbons (Fsp3) is 0.417. The molecule has 1 unspecified atom stereocenters. The van der Waals surface area contributed by atoms with Crippen LogP contribution in [0.15, 0.2) is 33.4 Å². The van der Waals surface area contributed by atoms with Crippen LogP contribution in [0.4, 0.5) is 0 Å². The summed E-state index contributed by atoms with van der Waals surface area (Å²) in [6.45, 7) is 2.91. The number of aliphatic hydroxyl groups is 1. The molecule has 2 aromatic heterocycles. The predicted molar refractivity (Wildman–Crippen MR) is 61.3 cm³/mol. The summed E-state index contributed by atoms with van der Waals surface area (Å²) in [6, 6.07) is 3.49. The number of oxazole rings is 1. The van der Waals surface area contributed by atoms with Gasteiger partial charge in [0.05, 0.1) is 19.0 Å². The topological polar surface area (TPSA) is 71.4 Å². The third-order valence-electron chi connectivity index (χ3n) is 2.44. The summed E-state index contributed by atoms with van der Waals surface area (Å²) in [5.74, 6) is 2.06. The number of aromatic nitrogens is 1. The molecule has 0 aliphatic heterocycles. The molecule has 0 fully saturated rings. The van der Waals surface area contributed by atoms with Crippen molar-refractivity contribution in [1.29, 1.82) is 0 Å². The first-order valence-corrected chi connectivity index (χ1v) is 5.65. The zero-order valence-electron chi connectivity index (χ0n) is 9.72. The Morgan fingerprint density at radius 3 is 3.06 bits per heavy atom.